The van der Waals surface area contributed by atoms with Gasteiger partial charge in [-0.25, -0.2) is 0 Å². The molecular formula is C12H10O2. The van der Waals surface area contributed by atoms with E-state index in [1.54, 1.807) is 19.1 Å². The van der Waals surface area contributed by atoms with Crippen LogP contribution in [0.15, 0.2) is 12.2 Å². The van der Waals surface area contributed by atoms with Gasteiger partial charge in [0.25, 0.3) is 0 Å². The number of carbonyl (C=O) groups is 1. The Labute approximate surface area is 84.3 Å². The lowest BCUT2D eigenvalue weighted by Gasteiger charge is -1.91. The monoisotopic (exact) mass is 186 g/mol. The molecule has 0 aromatic carbocycles. The van der Waals surface area contributed by atoms with E-state index in [2.05, 4.69) is 40.3 Å². The lowest BCUT2D eigenvalue weighted by Crippen LogP contribution is -1.96. The molecule has 0 heterocycles. The third-order valence-electron chi connectivity index (χ3n) is 0.969. The minimum Gasteiger partial charge on any atom is -0.462 e. The van der Waals surface area contributed by atoms with Crippen LogP contribution >= 0.6 is 0 Å². The van der Waals surface area contributed by atoms with E-state index in [0.717, 1.165) is 0 Å². The van der Waals surface area contributed by atoms with Crippen LogP contribution in [0.25, 0.3) is 0 Å². The van der Waals surface area contributed by atoms with Gasteiger partial charge in [0.2, 0.25) is 0 Å². The molecule has 14 heavy (non-hydrogen) atoms. The maximum absolute atomic E-state index is 10.3. The molecule has 0 unspecified atom stereocenters. The molecule has 0 fully saturated rings. The molecule has 0 aliphatic rings. The summed E-state index contributed by atoms with van der Waals surface area (Å²) < 4.78 is 4.64. The molecule has 0 N–H and O–H groups in total. The minimum absolute atomic E-state index is 0.242. The zero-order chi connectivity index (χ0) is 10.6. The lowest BCUT2D eigenvalue weighted by atomic mass is 10.4. The van der Waals surface area contributed by atoms with Gasteiger partial charge in [-0.05, 0) is 42.8 Å². The first kappa shape index (κ1) is 11.9. The highest BCUT2D eigenvalue weighted by atomic mass is 16.5. The van der Waals surface area contributed by atoms with Crippen molar-refractivity contribution in [2.45, 2.75) is 13.8 Å². The van der Waals surface area contributed by atoms with Crippen molar-refractivity contribution in [2.75, 3.05) is 6.61 Å². The van der Waals surface area contributed by atoms with Crippen LogP contribution in [0, 0.1) is 35.5 Å². The molecule has 70 valence electrons. The Kier molecular flexibility index (Phi) is 7.63. The van der Waals surface area contributed by atoms with Crippen LogP contribution in [0.1, 0.15) is 13.8 Å². The van der Waals surface area contributed by atoms with E-state index >= 15 is 0 Å². The summed E-state index contributed by atoms with van der Waals surface area (Å²) in [6, 6.07) is 0. The molecule has 0 radical (unpaired) electrons. The van der Waals surface area contributed by atoms with Gasteiger partial charge in [-0.3, -0.25) is 4.79 Å². The molecule has 0 saturated carbocycles. The second kappa shape index (κ2) is 8.98. The summed E-state index contributed by atoms with van der Waals surface area (Å²) >= 11 is 0. The third kappa shape index (κ3) is 9.89. The summed E-state index contributed by atoms with van der Waals surface area (Å²) in [5.41, 5.74) is 0. The summed E-state index contributed by atoms with van der Waals surface area (Å²) in [7, 11) is 0. The predicted octanol–water partition coefficient (Wildman–Crippen LogP) is 1.14. The summed E-state index contributed by atoms with van der Waals surface area (Å²) in [4.78, 5) is 10.3. The fraction of sp³-hybridized carbons (Fsp3) is 0.250. The molecule has 0 aromatic rings. The number of allylic oxidation sites excluding steroid dienone is 1. The average molecular weight is 186 g/mol. The van der Waals surface area contributed by atoms with Gasteiger partial charge in [0, 0.05) is 6.92 Å². The van der Waals surface area contributed by atoms with Crippen LogP contribution in [0.3, 0.4) is 0 Å². The summed E-state index contributed by atoms with van der Waals surface area (Å²) in [6.45, 7) is 3.31. The fourth-order valence-corrected chi connectivity index (χ4v) is 0.475. The first-order valence-corrected chi connectivity index (χ1v) is 3.98. The van der Waals surface area contributed by atoms with Crippen LogP contribution in [0.4, 0.5) is 0 Å². The third-order valence-corrected chi connectivity index (χ3v) is 0.969. The Morgan fingerprint density at radius 3 is 2.64 bits per heavy atom. The highest BCUT2D eigenvalue weighted by Gasteiger charge is 1.84. The number of carbonyl (C=O) groups excluding carboxylic acids is 1. The van der Waals surface area contributed by atoms with Crippen molar-refractivity contribution in [3.63, 3.8) is 0 Å². The van der Waals surface area contributed by atoms with Crippen molar-refractivity contribution in [3.8, 4) is 35.5 Å². The van der Waals surface area contributed by atoms with Crippen molar-refractivity contribution in [1.82, 2.24) is 0 Å². The molecule has 0 aliphatic heterocycles. The van der Waals surface area contributed by atoms with Crippen LogP contribution < -0.4 is 0 Å². The Bertz CT molecular complexity index is 383. The van der Waals surface area contributed by atoms with E-state index in [9.17, 15) is 4.79 Å². The van der Waals surface area contributed by atoms with E-state index in [1.807, 2.05) is 0 Å². The molecule has 0 spiro atoms. The van der Waals surface area contributed by atoms with Gasteiger partial charge >= 0.3 is 5.97 Å². The molecule has 0 saturated heterocycles. The molecule has 0 aliphatic carbocycles. The predicted molar refractivity (Wildman–Crippen MR) is 54.8 cm³/mol. The summed E-state index contributed by atoms with van der Waals surface area (Å²) in [5, 5.41) is 0. The number of hydrogen-bond acceptors (Lipinski definition) is 2. The molecule has 2 nitrogen and oxygen atoms in total. The smallest absolute Gasteiger partial charge is 0.302 e. The normalized spacial score (nSPS) is 7.29. The zero-order valence-corrected chi connectivity index (χ0v) is 8.18. The van der Waals surface area contributed by atoms with Gasteiger partial charge in [-0.2, -0.15) is 0 Å². The Morgan fingerprint density at radius 1 is 1.29 bits per heavy atom. The second-order valence-corrected chi connectivity index (χ2v) is 2.10. The van der Waals surface area contributed by atoms with E-state index in [1.165, 1.54) is 6.92 Å². The van der Waals surface area contributed by atoms with E-state index < -0.39 is 0 Å². The highest BCUT2D eigenvalue weighted by molar-refractivity contribution is 5.66. The standard InChI is InChI=1S/C12H10O2/c1-3-4-5-6-7-8-9-10-11-14-12(2)13/h9-10H,11H2,1-2H3. The first-order valence-electron chi connectivity index (χ1n) is 3.98. The SMILES string of the molecule is CC#CC#CC#CC=CCOC(C)=O. The minimum atomic E-state index is -0.305. The topological polar surface area (TPSA) is 26.3 Å². The molecule has 0 atom stereocenters. The number of rotatable bonds is 2. The van der Waals surface area contributed by atoms with E-state index in [4.69, 9.17) is 0 Å². The molecule has 2 heteroatoms. The number of esters is 1. The van der Waals surface area contributed by atoms with Gasteiger partial charge in [-0.1, -0.05) is 11.8 Å². The van der Waals surface area contributed by atoms with E-state index in [-0.39, 0.29) is 12.6 Å². The van der Waals surface area contributed by atoms with Gasteiger partial charge in [0.05, 0.1) is 0 Å². The van der Waals surface area contributed by atoms with Gasteiger partial charge in [0.1, 0.15) is 6.61 Å². The number of hydrogen-bond donors (Lipinski definition) is 0. The second-order valence-electron chi connectivity index (χ2n) is 2.10. The van der Waals surface area contributed by atoms with Crippen LogP contribution in [-0.4, -0.2) is 12.6 Å². The molecule has 0 rings (SSSR count). The maximum atomic E-state index is 10.3. The van der Waals surface area contributed by atoms with Crippen molar-refractivity contribution in [1.29, 1.82) is 0 Å². The van der Waals surface area contributed by atoms with Crippen LogP contribution in [0.2, 0.25) is 0 Å². The maximum Gasteiger partial charge on any atom is 0.302 e. The zero-order valence-electron chi connectivity index (χ0n) is 8.18. The summed E-state index contributed by atoms with van der Waals surface area (Å²) in [5.74, 6) is 15.2. The van der Waals surface area contributed by atoms with Gasteiger partial charge in [-0.15, -0.1) is 0 Å². The Morgan fingerprint density at radius 2 is 2.00 bits per heavy atom. The lowest BCUT2D eigenvalue weighted by molar-refractivity contribution is -0.139. The highest BCUT2D eigenvalue weighted by Crippen LogP contribution is 1.77. The van der Waals surface area contributed by atoms with Crippen LogP contribution in [-0.2, 0) is 9.53 Å². The number of ether oxygens (including phenoxy) is 1. The van der Waals surface area contributed by atoms with E-state index in [0.29, 0.717) is 0 Å². The van der Waals surface area contributed by atoms with Gasteiger partial charge in [0.15, 0.2) is 0 Å². The van der Waals surface area contributed by atoms with Crippen molar-refractivity contribution in [3.05, 3.63) is 12.2 Å². The quantitative estimate of drug-likeness (QED) is 0.477. The molecule has 0 aromatic heterocycles. The van der Waals surface area contributed by atoms with Crippen molar-refractivity contribution in [2.24, 2.45) is 0 Å². The van der Waals surface area contributed by atoms with Crippen LogP contribution in [0.5, 0.6) is 0 Å². The Hall–Kier alpha value is -2.11. The van der Waals surface area contributed by atoms with Crippen molar-refractivity contribution < 1.29 is 9.53 Å². The Balaban J connectivity index is 3.75. The first-order chi connectivity index (χ1) is 6.77. The largest absolute Gasteiger partial charge is 0.462 e. The van der Waals surface area contributed by atoms with Gasteiger partial charge < -0.3 is 4.74 Å². The van der Waals surface area contributed by atoms with Crippen molar-refractivity contribution >= 4 is 5.97 Å². The molecule has 0 amide bonds. The fourth-order valence-electron chi connectivity index (χ4n) is 0.475. The molecule has 0 bridgehead atoms. The summed E-state index contributed by atoms with van der Waals surface area (Å²) in [6.07, 6.45) is 3.22. The molecular weight excluding hydrogens is 176 g/mol. The average Bonchev–Trinajstić information content (AvgIpc) is 2.15.